The number of carbonyl (C=O) groups is 1. The smallest absolute Gasteiger partial charge is 0.230 e. The third-order valence-electron chi connectivity index (χ3n) is 3.64. The number of nitrogens with zero attached hydrogens (tertiary/aromatic N) is 2. The van der Waals surface area contributed by atoms with Gasteiger partial charge in [0, 0.05) is 26.8 Å². The number of anilines is 1. The molecule has 2 aromatic rings. The van der Waals surface area contributed by atoms with E-state index in [1.807, 2.05) is 32.9 Å². The maximum absolute atomic E-state index is 12.4. The quantitative estimate of drug-likeness (QED) is 0.903. The molecule has 23 heavy (non-hydrogen) atoms. The van der Waals surface area contributed by atoms with Gasteiger partial charge in [0.2, 0.25) is 5.91 Å². The molecule has 3 rings (SSSR count). The molecule has 0 unspecified atom stereocenters. The maximum Gasteiger partial charge on any atom is 0.230 e. The van der Waals surface area contributed by atoms with Crippen LogP contribution in [0.3, 0.4) is 0 Å². The van der Waals surface area contributed by atoms with Gasteiger partial charge in [-0.1, -0.05) is 38.4 Å². The molecule has 0 saturated heterocycles. The van der Waals surface area contributed by atoms with E-state index in [-0.39, 0.29) is 5.91 Å². The van der Waals surface area contributed by atoms with Crippen molar-refractivity contribution in [2.24, 2.45) is 5.41 Å². The predicted molar refractivity (Wildman–Crippen MR) is 92.2 cm³/mol. The molecule has 7 heteroatoms. The molecule has 1 aliphatic heterocycles. The molecule has 1 aromatic heterocycles. The Balaban J connectivity index is 2.09. The lowest BCUT2D eigenvalue weighted by Gasteiger charge is -2.19. The van der Waals surface area contributed by atoms with Crippen LogP contribution in [-0.4, -0.2) is 19.9 Å². The second-order valence-electron chi connectivity index (χ2n) is 6.60. The van der Waals surface area contributed by atoms with Gasteiger partial charge in [0.25, 0.3) is 0 Å². The van der Waals surface area contributed by atoms with Crippen LogP contribution in [0.1, 0.15) is 32.0 Å². The number of amides is 1. The molecule has 1 N–H and O–H groups in total. The Morgan fingerprint density at radius 3 is 2.74 bits per heavy atom. The summed E-state index contributed by atoms with van der Waals surface area (Å²) >= 11 is 6.07. The van der Waals surface area contributed by atoms with Crippen LogP contribution in [0.5, 0.6) is 0 Å². The Kier molecular flexibility index (Phi) is 4.06. The van der Waals surface area contributed by atoms with Crippen molar-refractivity contribution in [1.82, 2.24) is 9.78 Å². The van der Waals surface area contributed by atoms with Crippen LogP contribution in [0.4, 0.5) is 5.82 Å². The molecule has 0 fully saturated rings. The molecule has 1 atom stereocenters. The number of fused-ring (bicyclic) bond motifs is 1. The highest BCUT2D eigenvalue weighted by molar-refractivity contribution is 7.83. The molecular formula is C16H18ClN3O2S. The first-order valence-corrected chi connectivity index (χ1v) is 9.15. The summed E-state index contributed by atoms with van der Waals surface area (Å²) in [6, 6.07) is 7.27. The van der Waals surface area contributed by atoms with Crippen molar-refractivity contribution in [1.29, 1.82) is 0 Å². The van der Waals surface area contributed by atoms with Gasteiger partial charge >= 0.3 is 0 Å². The van der Waals surface area contributed by atoms with Crippen molar-refractivity contribution in [3.05, 3.63) is 40.5 Å². The third-order valence-corrected chi connectivity index (χ3v) is 5.08. The van der Waals surface area contributed by atoms with Crippen LogP contribution in [-0.2, 0) is 27.1 Å². The number of nitrogens with one attached hydrogen (secondary N) is 1. The number of aromatic nitrogens is 2. The van der Waals surface area contributed by atoms with Gasteiger partial charge in [-0.25, -0.2) is 4.68 Å². The zero-order chi connectivity index (χ0) is 16.8. The van der Waals surface area contributed by atoms with Crippen molar-refractivity contribution in [2.45, 2.75) is 32.3 Å². The van der Waals surface area contributed by atoms with Crippen molar-refractivity contribution in [3.8, 4) is 5.69 Å². The summed E-state index contributed by atoms with van der Waals surface area (Å²) in [7, 11) is -0.957. The van der Waals surface area contributed by atoms with E-state index in [2.05, 4.69) is 10.4 Å². The molecule has 122 valence electrons. The SMILES string of the molecule is CC(C)(C)C(=O)Nc1c2c(nn1-c1cccc(Cl)c1)C[S@@](=O)C2. The lowest BCUT2D eigenvalue weighted by Crippen LogP contribution is -2.29. The van der Waals surface area contributed by atoms with Gasteiger partial charge in [-0.2, -0.15) is 5.10 Å². The number of benzene rings is 1. The molecule has 1 amide bonds. The Morgan fingerprint density at radius 2 is 2.09 bits per heavy atom. The summed E-state index contributed by atoms with van der Waals surface area (Å²) in [5, 5.41) is 8.08. The number of halogens is 1. The van der Waals surface area contributed by atoms with Crippen LogP contribution in [0.2, 0.25) is 5.02 Å². The number of hydrogen-bond donors (Lipinski definition) is 1. The fourth-order valence-electron chi connectivity index (χ4n) is 2.35. The highest BCUT2D eigenvalue weighted by atomic mass is 35.5. The highest BCUT2D eigenvalue weighted by Gasteiger charge is 2.30. The molecule has 0 aliphatic carbocycles. The van der Waals surface area contributed by atoms with Gasteiger partial charge in [-0.15, -0.1) is 0 Å². The Hall–Kier alpha value is -1.66. The highest BCUT2D eigenvalue weighted by Crippen LogP contribution is 2.32. The molecule has 2 heterocycles. The first-order chi connectivity index (χ1) is 10.8. The van der Waals surface area contributed by atoms with Crippen molar-refractivity contribution in [3.63, 3.8) is 0 Å². The van der Waals surface area contributed by atoms with E-state index < -0.39 is 16.2 Å². The van der Waals surface area contributed by atoms with E-state index >= 15 is 0 Å². The Labute approximate surface area is 142 Å². The number of rotatable bonds is 2. The van der Waals surface area contributed by atoms with Gasteiger partial charge < -0.3 is 5.32 Å². The fourth-order valence-corrected chi connectivity index (χ4v) is 3.79. The minimum absolute atomic E-state index is 0.110. The topological polar surface area (TPSA) is 64.0 Å². The fraction of sp³-hybridized carbons (Fsp3) is 0.375. The number of hydrogen-bond acceptors (Lipinski definition) is 3. The summed E-state index contributed by atoms with van der Waals surface area (Å²) < 4.78 is 13.5. The second-order valence-corrected chi connectivity index (χ2v) is 8.49. The third kappa shape index (κ3) is 3.19. The van der Waals surface area contributed by atoms with E-state index in [0.29, 0.717) is 22.3 Å². The standard InChI is InChI=1S/C16H18ClN3O2S/c1-16(2,3)15(21)18-14-12-8-23(22)9-13(12)19-20(14)11-6-4-5-10(17)7-11/h4-7H,8-9H2,1-3H3,(H,18,21)/t23-/m0/s1. The minimum Gasteiger partial charge on any atom is -0.310 e. The van der Waals surface area contributed by atoms with E-state index in [9.17, 15) is 9.00 Å². The zero-order valence-corrected chi connectivity index (χ0v) is 14.8. The van der Waals surface area contributed by atoms with Gasteiger partial charge in [0.1, 0.15) is 5.82 Å². The van der Waals surface area contributed by atoms with Gasteiger partial charge in [0.15, 0.2) is 0 Å². The Morgan fingerprint density at radius 1 is 1.35 bits per heavy atom. The van der Waals surface area contributed by atoms with Crippen LogP contribution in [0.25, 0.3) is 5.69 Å². The first-order valence-electron chi connectivity index (χ1n) is 7.29. The monoisotopic (exact) mass is 351 g/mol. The van der Waals surface area contributed by atoms with Crippen molar-refractivity contribution in [2.75, 3.05) is 5.32 Å². The van der Waals surface area contributed by atoms with E-state index in [4.69, 9.17) is 11.6 Å². The van der Waals surface area contributed by atoms with Crippen LogP contribution in [0.15, 0.2) is 24.3 Å². The lowest BCUT2D eigenvalue weighted by molar-refractivity contribution is -0.123. The summed E-state index contributed by atoms with van der Waals surface area (Å²) in [6.45, 7) is 5.54. The van der Waals surface area contributed by atoms with E-state index in [1.54, 1.807) is 16.8 Å². The lowest BCUT2D eigenvalue weighted by atomic mass is 9.96. The molecule has 0 radical (unpaired) electrons. The molecule has 0 spiro atoms. The van der Waals surface area contributed by atoms with Gasteiger partial charge in [0.05, 0.1) is 22.9 Å². The molecule has 1 aromatic carbocycles. The van der Waals surface area contributed by atoms with E-state index in [0.717, 1.165) is 16.9 Å². The first kappa shape index (κ1) is 16.2. The second kappa shape index (κ2) is 5.76. The predicted octanol–water partition coefficient (Wildman–Crippen LogP) is 3.27. The van der Waals surface area contributed by atoms with E-state index in [1.165, 1.54) is 0 Å². The average molecular weight is 352 g/mol. The molecule has 0 saturated carbocycles. The van der Waals surface area contributed by atoms with Gasteiger partial charge in [-0.3, -0.25) is 9.00 Å². The van der Waals surface area contributed by atoms with Crippen molar-refractivity contribution >= 4 is 34.1 Å². The molecule has 1 aliphatic rings. The molecule has 0 bridgehead atoms. The number of carbonyl (C=O) groups excluding carboxylic acids is 1. The summed E-state index contributed by atoms with van der Waals surface area (Å²) in [4.78, 5) is 12.4. The molecule has 5 nitrogen and oxygen atoms in total. The van der Waals surface area contributed by atoms with Crippen LogP contribution < -0.4 is 5.32 Å². The summed E-state index contributed by atoms with van der Waals surface area (Å²) in [5.41, 5.74) is 1.85. The Bertz CT molecular complexity index is 808. The minimum atomic E-state index is -0.957. The van der Waals surface area contributed by atoms with Crippen LogP contribution in [0, 0.1) is 5.41 Å². The molecular weight excluding hydrogens is 334 g/mol. The zero-order valence-electron chi connectivity index (χ0n) is 13.2. The maximum atomic E-state index is 12.4. The van der Waals surface area contributed by atoms with Gasteiger partial charge in [-0.05, 0) is 18.2 Å². The normalized spacial score (nSPS) is 17.1. The average Bonchev–Trinajstić information content (AvgIpc) is 2.95. The largest absolute Gasteiger partial charge is 0.310 e. The summed E-state index contributed by atoms with van der Waals surface area (Å²) in [6.07, 6.45) is 0. The summed E-state index contributed by atoms with van der Waals surface area (Å²) in [5.74, 6) is 1.31. The van der Waals surface area contributed by atoms with Crippen molar-refractivity contribution < 1.29 is 9.00 Å². The van der Waals surface area contributed by atoms with Crippen LogP contribution >= 0.6 is 11.6 Å².